The molecule has 1 amide bonds. The van der Waals surface area contributed by atoms with E-state index in [9.17, 15) is 9.59 Å². The SMILES string of the molecule is CCOC(=O)c1ccc(NC(=O)C(C)Sc2cccc(N)c2)cc1. The number of esters is 1. The van der Waals surface area contributed by atoms with E-state index in [1.807, 2.05) is 25.1 Å². The van der Waals surface area contributed by atoms with E-state index in [1.54, 1.807) is 37.3 Å². The van der Waals surface area contributed by atoms with Gasteiger partial charge in [-0.15, -0.1) is 11.8 Å². The van der Waals surface area contributed by atoms with Crippen LogP contribution in [0.15, 0.2) is 53.4 Å². The van der Waals surface area contributed by atoms with Gasteiger partial charge in [0.2, 0.25) is 5.91 Å². The maximum atomic E-state index is 12.3. The van der Waals surface area contributed by atoms with Gasteiger partial charge in [-0.1, -0.05) is 6.07 Å². The van der Waals surface area contributed by atoms with Crippen LogP contribution >= 0.6 is 11.8 Å². The second kappa shape index (κ2) is 8.40. The lowest BCUT2D eigenvalue weighted by molar-refractivity contribution is -0.115. The molecule has 0 radical (unpaired) electrons. The Hall–Kier alpha value is -2.47. The van der Waals surface area contributed by atoms with Gasteiger partial charge in [-0.2, -0.15) is 0 Å². The zero-order valence-electron chi connectivity index (χ0n) is 13.6. The van der Waals surface area contributed by atoms with E-state index in [0.29, 0.717) is 23.5 Å². The predicted molar refractivity (Wildman–Crippen MR) is 97.2 cm³/mol. The van der Waals surface area contributed by atoms with Crippen LogP contribution in [0.5, 0.6) is 0 Å². The van der Waals surface area contributed by atoms with E-state index >= 15 is 0 Å². The summed E-state index contributed by atoms with van der Waals surface area (Å²) in [6, 6.07) is 14.0. The van der Waals surface area contributed by atoms with Crippen molar-refractivity contribution < 1.29 is 14.3 Å². The zero-order valence-corrected chi connectivity index (χ0v) is 14.4. The molecule has 2 aromatic carbocycles. The first-order valence-electron chi connectivity index (χ1n) is 7.60. The first kappa shape index (κ1) is 17.9. The lowest BCUT2D eigenvalue weighted by Crippen LogP contribution is -2.22. The Labute approximate surface area is 145 Å². The van der Waals surface area contributed by atoms with Crippen molar-refractivity contribution in [2.45, 2.75) is 24.0 Å². The lowest BCUT2D eigenvalue weighted by atomic mass is 10.2. The Morgan fingerprint density at radius 1 is 1.21 bits per heavy atom. The molecule has 0 aliphatic carbocycles. The average Bonchev–Trinajstić information content (AvgIpc) is 2.55. The molecule has 126 valence electrons. The fourth-order valence-electron chi connectivity index (χ4n) is 1.99. The third-order valence-electron chi connectivity index (χ3n) is 3.20. The first-order chi connectivity index (χ1) is 11.5. The van der Waals surface area contributed by atoms with Gasteiger partial charge < -0.3 is 15.8 Å². The fraction of sp³-hybridized carbons (Fsp3) is 0.222. The molecule has 2 aromatic rings. The second-order valence-electron chi connectivity index (χ2n) is 5.12. The number of carbonyl (C=O) groups is 2. The van der Waals surface area contributed by atoms with Crippen molar-refractivity contribution in [1.82, 2.24) is 0 Å². The first-order valence-corrected chi connectivity index (χ1v) is 8.48. The normalized spacial score (nSPS) is 11.6. The second-order valence-corrected chi connectivity index (χ2v) is 6.53. The van der Waals surface area contributed by atoms with Gasteiger partial charge >= 0.3 is 5.97 Å². The number of ether oxygens (including phenoxy) is 1. The molecule has 1 atom stereocenters. The number of hydrogen-bond acceptors (Lipinski definition) is 5. The number of benzene rings is 2. The van der Waals surface area contributed by atoms with Crippen molar-refractivity contribution in [2.24, 2.45) is 0 Å². The van der Waals surface area contributed by atoms with Gasteiger partial charge in [0.25, 0.3) is 0 Å². The van der Waals surface area contributed by atoms with Gasteiger partial charge in [0.1, 0.15) is 0 Å². The molecule has 1 unspecified atom stereocenters. The average molecular weight is 344 g/mol. The maximum absolute atomic E-state index is 12.3. The van der Waals surface area contributed by atoms with Crippen molar-refractivity contribution in [3.63, 3.8) is 0 Å². The van der Waals surface area contributed by atoms with E-state index < -0.39 is 0 Å². The molecule has 3 N–H and O–H groups in total. The summed E-state index contributed by atoms with van der Waals surface area (Å²) in [5, 5.41) is 2.55. The van der Waals surface area contributed by atoms with E-state index in [0.717, 1.165) is 4.90 Å². The molecule has 24 heavy (non-hydrogen) atoms. The standard InChI is InChI=1S/C18H20N2O3S/c1-3-23-18(22)13-7-9-15(10-8-13)20-17(21)12(2)24-16-6-4-5-14(19)11-16/h4-12H,3,19H2,1-2H3,(H,20,21). The number of amides is 1. The van der Waals surface area contributed by atoms with Crippen molar-refractivity contribution in [3.8, 4) is 0 Å². The molecule has 6 heteroatoms. The van der Waals surface area contributed by atoms with Crippen molar-refractivity contribution in [1.29, 1.82) is 0 Å². The molecule has 0 aliphatic rings. The van der Waals surface area contributed by atoms with Crippen LogP contribution in [0.4, 0.5) is 11.4 Å². The number of nitrogens with one attached hydrogen (secondary N) is 1. The van der Waals surface area contributed by atoms with Gasteiger partial charge in [-0.05, 0) is 56.3 Å². The number of thioether (sulfide) groups is 1. The third kappa shape index (κ3) is 5.03. The number of hydrogen-bond donors (Lipinski definition) is 2. The van der Waals surface area contributed by atoms with Crippen LogP contribution in [0.2, 0.25) is 0 Å². The molecule has 0 bridgehead atoms. The summed E-state index contributed by atoms with van der Waals surface area (Å²) < 4.78 is 4.92. The molecule has 0 aromatic heterocycles. The summed E-state index contributed by atoms with van der Waals surface area (Å²) in [4.78, 5) is 24.8. The summed E-state index contributed by atoms with van der Waals surface area (Å²) in [7, 11) is 0. The Kier molecular flexibility index (Phi) is 6.26. The number of carbonyl (C=O) groups excluding carboxylic acids is 2. The van der Waals surface area contributed by atoms with Crippen LogP contribution in [-0.2, 0) is 9.53 Å². The third-order valence-corrected chi connectivity index (χ3v) is 4.30. The minimum atomic E-state index is -0.374. The monoisotopic (exact) mass is 344 g/mol. The topological polar surface area (TPSA) is 81.4 Å². The lowest BCUT2D eigenvalue weighted by Gasteiger charge is -2.12. The fourth-order valence-corrected chi connectivity index (χ4v) is 2.93. The maximum Gasteiger partial charge on any atom is 0.338 e. The Morgan fingerprint density at radius 3 is 2.54 bits per heavy atom. The predicted octanol–water partition coefficient (Wildman–Crippen LogP) is 3.56. The largest absolute Gasteiger partial charge is 0.462 e. The Morgan fingerprint density at radius 2 is 1.92 bits per heavy atom. The molecular formula is C18H20N2O3S. The summed E-state index contributed by atoms with van der Waals surface area (Å²) in [5.74, 6) is -0.493. The molecule has 0 fully saturated rings. The molecule has 0 saturated carbocycles. The number of nitrogen functional groups attached to an aromatic ring is 1. The van der Waals surface area contributed by atoms with Crippen LogP contribution in [0.3, 0.4) is 0 Å². The van der Waals surface area contributed by atoms with E-state index in [1.165, 1.54) is 11.8 Å². The van der Waals surface area contributed by atoms with Crippen LogP contribution in [0.1, 0.15) is 24.2 Å². The highest BCUT2D eigenvalue weighted by atomic mass is 32.2. The van der Waals surface area contributed by atoms with E-state index in [2.05, 4.69) is 5.32 Å². The molecular weight excluding hydrogens is 324 g/mol. The van der Waals surface area contributed by atoms with E-state index in [4.69, 9.17) is 10.5 Å². The highest BCUT2D eigenvalue weighted by Gasteiger charge is 2.15. The summed E-state index contributed by atoms with van der Waals surface area (Å²) in [6.07, 6.45) is 0. The highest BCUT2D eigenvalue weighted by molar-refractivity contribution is 8.00. The Balaban J connectivity index is 1.94. The molecule has 5 nitrogen and oxygen atoms in total. The van der Waals surface area contributed by atoms with E-state index in [-0.39, 0.29) is 17.1 Å². The number of rotatable bonds is 6. The van der Waals surface area contributed by atoms with Crippen molar-refractivity contribution in [3.05, 3.63) is 54.1 Å². The van der Waals surface area contributed by atoms with Gasteiger partial charge in [0.05, 0.1) is 17.4 Å². The van der Waals surface area contributed by atoms with Crippen LogP contribution in [-0.4, -0.2) is 23.7 Å². The molecule has 0 aliphatic heterocycles. The number of nitrogens with two attached hydrogens (primary N) is 1. The van der Waals surface area contributed by atoms with Gasteiger partial charge in [0, 0.05) is 16.3 Å². The zero-order chi connectivity index (χ0) is 17.5. The molecule has 2 rings (SSSR count). The van der Waals surface area contributed by atoms with Gasteiger partial charge in [0.15, 0.2) is 0 Å². The van der Waals surface area contributed by atoms with Gasteiger partial charge in [-0.25, -0.2) is 4.79 Å². The van der Waals surface area contributed by atoms with Gasteiger partial charge in [-0.3, -0.25) is 4.79 Å². The summed E-state index contributed by atoms with van der Waals surface area (Å²) in [5.41, 5.74) is 7.50. The van der Waals surface area contributed by atoms with Crippen LogP contribution in [0, 0.1) is 0 Å². The highest BCUT2D eigenvalue weighted by Crippen LogP contribution is 2.25. The number of anilines is 2. The molecule has 0 spiro atoms. The quantitative estimate of drug-likeness (QED) is 0.476. The summed E-state index contributed by atoms with van der Waals surface area (Å²) >= 11 is 1.43. The minimum Gasteiger partial charge on any atom is -0.462 e. The van der Waals surface area contributed by atoms with Crippen molar-refractivity contribution in [2.75, 3.05) is 17.7 Å². The minimum absolute atomic E-state index is 0.119. The van der Waals surface area contributed by atoms with Crippen LogP contribution in [0.25, 0.3) is 0 Å². The molecule has 0 heterocycles. The van der Waals surface area contributed by atoms with Crippen LogP contribution < -0.4 is 11.1 Å². The molecule has 0 saturated heterocycles. The smallest absolute Gasteiger partial charge is 0.338 e. The Bertz CT molecular complexity index is 716. The summed E-state index contributed by atoms with van der Waals surface area (Å²) in [6.45, 7) is 3.91. The van der Waals surface area contributed by atoms with Crippen molar-refractivity contribution >= 4 is 35.0 Å².